The van der Waals surface area contributed by atoms with E-state index >= 15 is 0 Å². The fourth-order valence-electron chi connectivity index (χ4n) is 2.23. The first kappa shape index (κ1) is 15.9. The maximum Gasteiger partial charge on any atom is 0.315 e. The third kappa shape index (κ3) is 4.00. The molecule has 0 aliphatic rings. The molecule has 6 nitrogen and oxygen atoms in total. The van der Waals surface area contributed by atoms with Crippen LogP contribution in [0.15, 0.2) is 24.4 Å². The molecule has 0 unspecified atom stereocenters. The van der Waals surface area contributed by atoms with Gasteiger partial charge in [-0.05, 0) is 37.1 Å². The molecule has 1 aromatic heterocycles. The largest absolute Gasteiger partial charge is 0.497 e. The van der Waals surface area contributed by atoms with Crippen LogP contribution >= 0.6 is 0 Å². The Morgan fingerprint density at radius 2 is 2.14 bits per heavy atom. The number of aromatic nitrogens is 1. The van der Waals surface area contributed by atoms with Gasteiger partial charge in [0, 0.05) is 23.6 Å². The van der Waals surface area contributed by atoms with Gasteiger partial charge in [0.15, 0.2) is 0 Å². The topological polar surface area (TPSA) is 80.4 Å². The number of hydrogen-bond acceptors (Lipinski definition) is 4. The highest BCUT2D eigenvalue weighted by Crippen LogP contribution is 2.23. The molecule has 0 saturated heterocycles. The predicted molar refractivity (Wildman–Crippen MR) is 82.8 cm³/mol. The molecule has 0 fully saturated rings. The Bertz CT molecular complexity index is 663. The van der Waals surface area contributed by atoms with Crippen molar-refractivity contribution in [2.75, 3.05) is 20.3 Å². The zero-order valence-electron chi connectivity index (χ0n) is 12.8. The normalized spacial score (nSPS) is 10.5. The van der Waals surface area contributed by atoms with Crippen molar-refractivity contribution in [1.29, 1.82) is 0 Å². The van der Waals surface area contributed by atoms with Crippen molar-refractivity contribution in [3.05, 3.63) is 30.0 Å². The molecule has 1 aromatic carbocycles. The third-order valence-corrected chi connectivity index (χ3v) is 3.30. The van der Waals surface area contributed by atoms with E-state index in [9.17, 15) is 9.59 Å². The molecule has 6 heteroatoms. The van der Waals surface area contributed by atoms with E-state index in [4.69, 9.17) is 9.47 Å². The minimum atomic E-state index is -0.503. The number of methoxy groups -OCH3 is 1. The number of carbonyl (C=O) groups excluding carboxylic acids is 2. The molecule has 0 bridgehead atoms. The van der Waals surface area contributed by atoms with Crippen molar-refractivity contribution in [3.63, 3.8) is 0 Å². The van der Waals surface area contributed by atoms with Gasteiger partial charge in [-0.25, -0.2) is 0 Å². The van der Waals surface area contributed by atoms with Crippen molar-refractivity contribution in [2.24, 2.45) is 0 Å². The quantitative estimate of drug-likeness (QED) is 0.603. The summed E-state index contributed by atoms with van der Waals surface area (Å²) >= 11 is 0. The lowest BCUT2D eigenvalue weighted by Gasteiger charge is -2.05. The first-order valence-electron chi connectivity index (χ1n) is 7.20. The lowest BCUT2D eigenvalue weighted by Crippen LogP contribution is -2.28. The van der Waals surface area contributed by atoms with Crippen LogP contribution in [-0.4, -0.2) is 37.1 Å². The average molecular weight is 304 g/mol. The summed E-state index contributed by atoms with van der Waals surface area (Å²) in [6, 6.07) is 5.81. The summed E-state index contributed by atoms with van der Waals surface area (Å²) in [6.45, 7) is 2.45. The minimum Gasteiger partial charge on any atom is -0.497 e. The number of carbonyl (C=O) groups is 2. The zero-order chi connectivity index (χ0) is 15.9. The maximum atomic E-state index is 11.6. The lowest BCUT2D eigenvalue weighted by atomic mass is 10.1. The number of hydrogen-bond donors (Lipinski definition) is 2. The number of H-pyrrole nitrogens is 1. The van der Waals surface area contributed by atoms with E-state index in [0.717, 1.165) is 22.2 Å². The van der Waals surface area contributed by atoms with Gasteiger partial charge in [-0.1, -0.05) is 0 Å². The van der Waals surface area contributed by atoms with Gasteiger partial charge in [0.25, 0.3) is 0 Å². The Hall–Kier alpha value is -2.50. The van der Waals surface area contributed by atoms with Gasteiger partial charge < -0.3 is 19.8 Å². The van der Waals surface area contributed by atoms with Crippen molar-refractivity contribution >= 4 is 22.8 Å². The number of rotatable bonds is 7. The van der Waals surface area contributed by atoms with Crippen LogP contribution in [0.5, 0.6) is 5.75 Å². The summed E-state index contributed by atoms with van der Waals surface area (Å²) in [5.74, 6) is -0.0348. The SMILES string of the molecule is CCOC(=O)CC(=O)NCCc1c[nH]c2ccc(OC)cc12. The lowest BCUT2D eigenvalue weighted by molar-refractivity contribution is -0.145. The van der Waals surface area contributed by atoms with Gasteiger partial charge in [0.05, 0.1) is 13.7 Å². The summed E-state index contributed by atoms with van der Waals surface area (Å²) in [7, 11) is 1.63. The van der Waals surface area contributed by atoms with E-state index in [1.165, 1.54) is 0 Å². The van der Waals surface area contributed by atoms with Gasteiger partial charge in [-0.3, -0.25) is 9.59 Å². The Morgan fingerprint density at radius 1 is 1.32 bits per heavy atom. The van der Waals surface area contributed by atoms with Gasteiger partial charge >= 0.3 is 5.97 Å². The molecular weight excluding hydrogens is 284 g/mol. The smallest absolute Gasteiger partial charge is 0.315 e. The molecule has 0 aliphatic heterocycles. The summed E-state index contributed by atoms with van der Waals surface area (Å²) in [6.07, 6.45) is 2.35. The molecule has 2 N–H and O–H groups in total. The van der Waals surface area contributed by atoms with Gasteiger partial charge in [0.1, 0.15) is 12.2 Å². The number of amides is 1. The highest BCUT2D eigenvalue weighted by atomic mass is 16.5. The molecular formula is C16H20N2O4. The van der Waals surface area contributed by atoms with Crippen LogP contribution in [0.3, 0.4) is 0 Å². The minimum absolute atomic E-state index is 0.241. The van der Waals surface area contributed by atoms with Crippen LogP contribution < -0.4 is 10.1 Å². The van der Waals surface area contributed by atoms with Crippen LogP contribution in [0.25, 0.3) is 10.9 Å². The highest BCUT2D eigenvalue weighted by Gasteiger charge is 2.10. The fourth-order valence-corrected chi connectivity index (χ4v) is 2.23. The van der Waals surface area contributed by atoms with Crippen molar-refractivity contribution in [2.45, 2.75) is 19.8 Å². The van der Waals surface area contributed by atoms with E-state index in [-0.39, 0.29) is 18.9 Å². The first-order chi connectivity index (χ1) is 10.6. The second-order valence-electron chi connectivity index (χ2n) is 4.81. The molecule has 2 aromatic rings. The van der Waals surface area contributed by atoms with Crippen molar-refractivity contribution in [1.82, 2.24) is 10.3 Å². The summed E-state index contributed by atoms with van der Waals surface area (Å²) in [5.41, 5.74) is 2.11. The fraction of sp³-hybridized carbons (Fsp3) is 0.375. The van der Waals surface area contributed by atoms with E-state index in [1.807, 2.05) is 24.4 Å². The number of fused-ring (bicyclic) bond motifs is 1. The first-order valence-corrected chi connectivity index (χ1v) is 7.20. The van der Waals surface area contributed by atoms with Gasteiger partial charge in [-0.2, -0.15) is 0 Å². The molecule has 1 heterocycles. The zero-order valence-corrected chi connectivity index (χ0v) is 12.8. The average Bonchev–Trinajstić information content (AvgIpc) is 2.89. The number of nitrogens with one attached hydrogen (secondary N) is 2. The monoisotopic (exact) mass is 304 g/mol. The molecule has 2 rings (SSSR count). The van der Waals surface area contributed by atoms with Crippen LogP contribution in [0.2, 0.25) is 0 Å². The molecule has 0 aliphatic carbocycles. The van der Waals surface area contributed by atoms with Crippen molar-refractivity contribution < 1.29 is 19.1 Å². The Kier molecular flexibility index (Phi) is 5.41. The summed E-state index contributed by atoms with van der Waals surface area (Å²) in [5, 5.41) is 3.79. The number of aromatic amines is 1. The summed E-state index contributed by atoms with van der Waals surface area (Å²) < 4.78 is 9.95. The Balaban J connectivity index is 1.89. The van der Waals surface area contributed by atoms with E-state index in [0.29, 0.717) is 13.0 Å². The molecule has 1 amide bonds. The van der Waals surface area contributed by atoms with Crippen LogP contribution in [0.4, 0.5) is 0 Å². The van der Waals surface area contributed by atoms with E-state index < -0.39 is 5.97 Å². The summed E-state index contributed by atoms with van der Waals surface area (Å²) in [4.78, 5) is 26.0. The van der Waals surface area contributed by atoms with Gasteiger partial charge in [-0.15, -0.1) is 0 Å². The Labute approximate surface area is 128 Å². The van der Waals surface area contributed by atoms with Crippen LogP contribution in [-0.2, 0) is 20.7 Å². The molecule has 0 spiro atoms. The Morgan fingerprint density at radius 3 is 2.86 bits per heavy atom. The van der Waals surface area contributed by atoms with Crippen molar-refractivity contribution in [3.8, 4) is 5.75 Å². The molecule has 22 heavy (non-hydrogen) atoms. The molecule has 0 radical (unpaired) electrons. The van der Waals surface area contributed by atoms with Crippen LogP contribution in [0.1, 0.15) is 18.9 Å². The number of esters is 1. The van der Waals surface area contributed by atoms with E-state index in [1.54, 1.807) is 14.0 Å². The molecule has 0 saturated carbocycles. The predicted octanol–water partition coefficient (Wildman–Crippen LogP) is 1.79. The highest BCUT2D eigenvalue weighted by molar-refractivity contribution is 5.94. The number of benzene rings is 1. The van der Waals surface area contributed by atoms with Gasteiger partial charge in [0.2, 0.25) is 5.91 Å². The number of ether oxygens (including phenoxy) is 2. The second-order valence-corrected chi connectivity index (χ2v) is 4.81. The van der Waals surface area contributed by atoms with E-state index in [2.05, 4.69) is 10.3 Å². The van der Waals surface area contributed by atoms with Crippen LogP contribution in [0, 0.1) is 0 Å². The maximum absolute atomic E-state index is 11.6. The third-order valence-electron chi connectivity index (χ3n) is 3.30. The molecule has 0 atom stereocenters. The standard InChI is InChI=1S/C16H20N2O4/c1-3-22-16(20)9-15(19)17-7-6-11-10-18-14-5-4-12(21-2)8-13(11)14/h4-5,8,10,18H,3,6-7,9H2,1-2H3,(H,17,19). The second kappa shape index (κ2) is 7.49. The molecule has 118 valence electrons.